The number of hydrogen-bond acceptors (Lipinski definition) is 3. The molecule has 1 aromatic carbocycles. The lowest BCUT2D eigenvalue weighted by atomic mass is 10.3. The van der Waals surface area contributed by atoms with Crippen molar-refractivity contribution in [3.63, 3.8) is 0 Å². The van der Waals surface area contributed by atoms with Crippen LogP contribution in [0.2, 0.25) is 0 Å². The summed E-state index contributed by atoms with van der Waals surface area (Å²) in [6.07, 6.45) is 2.01. The van der Waals surface area contributed by atoms with Crippen LogP contribution in [0, 0.1) is 0 Å². The topological polar surface area (TPSA) is 28.0 Å². The quantitative estimate of drug-likeness (QED) is 0.577. The van der Waals surface area contributed by atoms with E-state index < -0.39 is 0 Å². The Bertz CT molecular complexity index is 429. The number of aliphatic imine (C=N–C) groups is 2. The first kappa shape index (κ1) is 12.5. The van der Waals surface area contributed by atoms with Crippen molar-refractivity contribution >= 4 is 39.5 Å². The van der Waals surface area contributed by atoms with Crippen LogP contribution in [0.25, 0.3) is 0 Å². The van der Waals surface area contributed by atoms with E-state index in [1.165, 1.54) is 0 Å². The third kappa shape index (κ3) is 3.51. The molecule has 90 valence electrons. The molecule has 1 fully saturated rings. The first-order valence-corrected chi connectivity index (χ1v) is 7.61. The Morgan fingerprint density at radius 2 is 2.12 bits per heavy atom. The number of rotatable bonds is 1. The Kier molecular flexibility index (Phi) is 4.50. The first-order chi connectivity index (χ1) is 8.29. The molecular formula is C12H15N3S2. The summed E-state index contributed by atoms with van der Waals surface area (Å²) in [5.74, 6) is 1.11. The summed E-state index contributed by atoms with van der Waals surface area (Å²) in [6.45, 7) is 1.07. The largest absolute Gasteiger partial charge is 0.353 e. The zero-order valence-corrected chi connectivity index (χ0v) is 11.6. The molecule has 2 rings (SSSR count). The molecule has 1 aliphatic rings. The van der Waals surface area contributed by atoms with Crippen molar-refractivity contribution in [1.82, 2.24) is 4.90 Å². The lowest BCUT2D eigenvalue weighted by Crippen LogP contribution is -2.19. The van der Waals surface area contributed by atoms with E-state index in [0.717, 1.165) is 28.3 Å². The molecule has 0 N–H and O–H groups in total. The Labute approximate surface area is 110 Å². The van der Waals surface area contributed by atoms with Gasteiger partial charge in [-0.05, 0) is 18.4 Å². The van der Waals surface area contributed by atoms with Crippen molar-refractivity contribution in [3.8, 4) is 0 Å². The molecule has 0 aromatic heterocycles. The van der Waals surface area contributed by atoms with Gasteiger partial charge in [-0.25, -0.2) is 4.99 Å². The third-order valence-electron chi connectivity index (χ3n) is 2.34. The molecule has 1 heterocycles. The summed E-state index contributed by atoms with van der Waals surface area (Å²) >= 11 is 3.36. The molecule has 0 aliphatic carbocycles. The lowest BCUT2D eigenvalue weighted by Gasteiger charge is -2.09. The van der Waals surface area contributed by atoms with E-state index in [-0.39, 0.29) is 0 Å². The van der Waals surface area contributed by atoms with Gasteiger partial charge in [0.1, 0.15) is 0 Å². The highest BCUT2D eigenvalue weighted by molar-refractivity contribution is 8.15. The maximum Gasteiger partial charge on any atom is 0.190 e. The van der Waals surface area contributed by atoms with E-state index in [2.05, 4.69) is 21.9 Å². The van der Waals surface area contributed by atoms with Crippen molar-refractivity contribution < 1.29 is 0 Å². The van der Waals surface area contributed by atoms with Crippen molar-refractivity contribution in [2.45, 2.75) is 0 Å². The van der Waals surface area contributed by atoms with E-state index in [0.29, 0.717) is 0 Å². The molecule has 0 saturated carbocycles. The van der Waals surface area contributed by atoms with E-state index in [9.17, 15) is 0 Å². The Balaban J connectivity index is 2.19. The Hall–Kier alpha value is -0.940. The molecule has 0 bridgehead atoms. The molecule has 5 heteroatoms. The molecule has 0 spiro atoms. The van der Waals surface area contributed by atoms with E-state index in [1.54, 1.807) is 23.5 Å². The molecule has 1 aromatic rings. The minimum Gasteiger partial charge on any atom is -0.353 e. The van der Waals surface area contributed by atoms with Gasteiger partial charge in [-0.1, -0.05) is 41.7 Å². The van der Waals surface area contributed by atoms with Crippen molar-refractivity contribution in [2.75, 3.05) is 25.6 Å². The maximum atomic E-state index is 4.59. The molecular weight excluding hydrogens is 250 g/mol. The summed E-state index contributed by atoms with van der Waals surface area (Å²) in [6, 6.07) is 9.94. The minimum atomic E-state index is 0.812. The smallest absolute Gasteiger partial charge is 0.190 e. The lowest BCUT2D eigenvalue weighted by molar-refractivity contribution is 0.564. The van der Waals surface area contributed by atoms with Crippen LogP contribution in [0.5, 0.6) is 0 Å². The normalized spacial score (nSPS) is 19.1. The van der Waals surface area contributed by atoms with Gasteiger partial charge in [-0.2, -0.15) is 4.99 Å². The van der Waals surface area contributed by atoms with Crippen LogP contribution in [0.15, 0.2) is 40.3 Å². The zero-order chi connectivity index (χ0) is 12.1. The number of hydrogen-bond donors (Lipinski definition) is 0. The summed E-state index contributed by atoms with van der Waals surface area (Å²) in [4.78, 5) is 11.3. The van der Waals surface area contributed by atoms with Gasteiger partial charge >= 0.3 is 0 Å². The third-order valence-corrected chi connectivity index (χ3v) is 3.93. The van der Waals surface area contributed by atoms with E-state index in [1.807, 2.05) is 36.6 Å². The molecule has 0 atom stereocenters. The van der Waals surface area contributed by atoms with Gasteiger partial charge in [0.2, 0.25) is 0 Å². The van der Waals surface area contributed by atoms with Crippen molar-refractivity contribution in [3.05, 3.63) is 30.3 Å². The number of amidine groups is 2. The second kappa shape index (κ2) is 6.12. The van der Waals surface area contributed by atoms with E-state index >= 15 is 0 Å². The highest BCUT2D eigenvalue weighted by atomic mass is 32.2. The highest BCUT2D eigenvalue weighted by Crippen LogP contribution is 2.19. The van der Waals surface area contributed by atoms with Crippen LogP contribution >= 0.6 is 23.5 Å². The number of para-hydroxylation sites is 1. The standard InChI is InChI=1S/C12H15N3S2/c1-15-8-9-17-12(15)14-11(16-2)13-10-6-4-3-5-7-10/h3-7H,8-9H2,1-2H3/b13-11-,14-12+. The molecule has 1 saturated heterocycles. The van der Waals surface area contributed by atoms with Gasteiger partial charge in [0.05, 0.1) is 5.69 Å². The van der Waals surface area contributed by atoms with Gasteiger partial charge in [0, 0.05) is 19.3 Å². The zero-order valence-electron chi connectivity index (χ0n) is 9.96. The minimum absolute atomic E-state index is 0.812. The van der Waals surface area contributed by atoms with Gasteiger partial charge in [-0.3, -0.25) is 0 Å². The van der Waals surface area contributed by atoms with Crippen molar-refractivity contribution in [1.29, 1.82) is 0 Å². The average molecular weight is 265 g/mol. The Morgan fingerprint density at radius 3 is 2.71 bits per heavy atom. The molecule has 0 amide bonds. The molecule has 17 heavy (non-hydrogen) atoms. The van der Waals surface area contributed by atoms with Crippen LogP contribution in [0.1, 0.15) is 0 Å². The second-order valence-electron chi connectivity index (χ2n) is 3.60. The van der Waals surface area contributed by atoms with Gasteiger partial charge < -0.3 is 4.90 Å². The SMILES string of the molecule is CSC(=N\c1ccccc1)/N=C1/SCCN1C. The average Bonchev–Trinajstić information content (AvgIpc) is 2.75. The fourth-order valence-electron chi connectivity index (χ4n) is 1.41. The van der Waals surface area contributed by atoms with Crippen LogP contribution in [-0.4, -0.2) is 40.8 Å². The summed E-state index contributed by atoms with van der Waals surface area (Å²) in [5.41, 5.74) is 0.951. The number of nitrogens with zero attached hydrogens (tertiary/aromatic N) is 3. The van der Waals surface area contributed by atoms with Crippen LogP contribution in [0.3, 0.4) is 0 Å². The predicted molar refractivity (Wildman–Crippen MR) is 79.6 cm³/mol. The van der Waals surface area contributed by atoms with Crippen LogP contribution in [0.4, 0.5) is 5.69 Å². The van der Waals surface area contributed by atoms with Crippen LogP contribution in [-0.2, 0) is 0 Å². The van der Waals surface area contributed by atoms with Crippen molar-refractivity contribution in [2.24, 2.45) is 9.98 Å². The summed E-state index contributed by atoms with van der Waals surface area (Å²) in [5, 5.41) is 1.88. The molecule has 1 aliphatic heterocycles. The van der Waals surface area contributed by atoms with E-state index in [4.69, 9.17) is 0 Å². The number of thioether (sulfide) groups is 2. The van der Waals surface area contributed by atoms with Gasteiger partial charge in [-0.15, -0.1) is 0 Å². The predicted octanol–water partition coefficient (Wildman–Crippen LogP) is 3.07. The first-order valence-electron chi connectivity index (χ1n) is 5.40. The fraction of sp³-hybridized carbons (Fsp3) is 0.333. The summed E-state index contributed by atoms with van der Waals surface area (Å²) in [7, 11) is 2.07. The van der Waals surface area contributed by atoms with Gasteiger partial charge in [0.15, 0.2) is 10.3 Å². The number of benzene rings is 1. The Morgan fingerprint density at radius 1 is 1.35 bits per heavy atom. The second-order valence-corrected chi connectivity index (χ2v) is 5.43. The fourth-order valence-corrected chi connectivity index (χ4v) is 2.85. The van der Waals surface area contributed by atoms with Gasteiger partial charge in [0.25, 0.3) is 0 Å². The summed E-state index contributed by atoms with van der Waals surface area (Å²) < 4.78 is 0. The molecule has 3 nitrogen and oxygen atoms in total. The maximum absolute atomic E-state index is 4.59. The highest BCUT2D eigenvalue weighted by Gasteiger charge is 2.15. The monoisotopic (exact) mass is 265 g/mol. The molecule has 0 unspecified atom stereocenters. The van der Waals surface area contributed by atoms with Crippen LogP contribution < -0.4 is 0 Å². The molecule has 0 radical (unpaired) electrons.